The molecule has 0 radical (unpaired) electrons. The van der Waals surface area contributed by atoms with Crippen molar-refractivity contribution in [2.24, 2.45) is 0 Å². The molecule has 3 aromatic carbocycles. The fourth-order valence-corrected chi connectivity index (χ4v) is 5.07. The van der Waals surface area contributed by atoms with Crippen LogP contribution in [-0.4, -0.2) is 13.2 Å². The van der Waals surface area contributed by atoms with Crippen molar-refractivity contribution in [3.8, 4) is 11.1 Å². The molecule has 0 saturated heterocycles. The van der Waals surface area contributed by atoms with Crippen LogP contribution in [-0.2, 0) is 19.8 Å². The molecule has 30 heavy (non-hydrogen) atoms. The highest BCUT2D eigenvalue weighted by molar-refractivity contribution is 9.10. The van der Waals surface area contributed by atoms with Crippen LogP contribution in [0.1, 0.15) is 30.5 Å². The molecule has 0 spiro atoms. The van der Waals surface area contributed by atoms with Gasteiger partial charge in [-0.1, -0.05) is 88.7 Å². The van der Waals surface area contributed by atoms with E-state index in [2.05, 4.69) is 76.6 Å². The Morgan fingerprint density at radius 2 is 1.17 bits per heavy atom. The molecule has 0 fully saturated rings. The SMILES string of the molecule is CCOP(=O)(Cc1ccc(/C=C/c2ccc(-c3ccc(Br)cc3)cc2)cc1)OCC. The Bertz CT molecular complexity index is 1000. The van der Waals surface area contributed by atoms with Crippen LogP contribution in [0.2, 0.25) is 0 Å². The molecule has 0 unspecified atom stereocenters. The van der Waals surface area contributed by atoms with Gasteiger partial charge in [-0.05, 0) is 53.8 Å². The Morgan fingerprint density at radius 1 is 0.733 bits per heavy atom. The standard InChI is InChI=1S/C25H26BrO3P/c1-3-28-30(27,29-4-2)19-22-9-7-20(8-10-22)5-6-21-11-13-23(14-12-21)24-15-17-25(26)18-16-24/h5-18H,3-4,19H2,1-2H3/b6-5+. The molecule has 3 rings (SSSR count). The second kappa shape index (κ2) is 10.9. The van der Waals surface area contributed by atoms with Crippen LogP contribution < -0.4 is 0 Å². The first-order chi connectivity index (χ1) is 14.5. The third-order valence-corrected chi connectivity index (χ3v) is 7.15. The first-order valence-corrected chi connectivity index (χ1v) is 12.5. The number of hydrogen-bond acceptors (Lipinski definition) is 3. The Hall–Kier alpha value is -1.97. The molecule has 5 heteroatoms. The predicted octanol–water partition coefficient (Wildman–Crippen LogP) is 8.05. The topological polar surface area (TPSA) is 35.5 Å². The molecule has 0 atom stereocenters. The highest BCUT2D eigenvalue weighted by Gasteiger charge is 2.23. The van der Waals surface area contributed by atoms with Crippen molar-refractivity contribution in [2.45, 2.75) is 20.0 Å². The van der Waals surface area contributed by atoms with E-state index >= 15 is 0 Å². The lowest BCUT2D eigenvalue weighted by molar-refractivity contribution is 0.219. The Labute approximate surface area is 187 Å². The molecule has 3 aromatic rings. The molecular formula is C25H26BrO3P. The molecule has 0 aliphatic carbocycles. The average molecular weight is 485 g/mol. The van der Waals surface area contributed by atoms with E-state index in [4.69, 9.17) is 9.05 Å². The lowest BCUT2D eigenvalue weighted by Gasteiger charge is -2.16. The van der Waals surface area contributed by atoms with E-state index in [1.54, 1.807) is 0 Å². The molecule has 0 heterocycles. The summed E-state index contributed by atoms with van der Waals surface area (Å²) in [6, 6.07) is 24.8. The normalized spacial score (nSPS) is 11.8. The van der Waals surface area contributed by atoms with Crippen molar-refractivity contribution < 1.29 is 13.6 Å². The quantitative estimate of drug-likeness (QED) is 0.227. The molecule has 0 bridgehead atoms. The lowest BCUT2D eigenvalue weighted by atomic mass is 10.0. The molecular weight excluding hydrogens is 459 g/mol. The molecule has 0 N–H and O–H groups in total. The maximum atomic E-state index is 12.7. The van der Waals surface area contributed by atoms with Crippen molar-refractivity contribution in [1.29, 1.82) is 0 Å². The molecule has 0 saturated carbocycles. The van der Waals surface area contributed by atoms with E-state index in [1.165, 1.54) is 11.1 Å². The summed E-state index contributed by atoms with van der Waals surface area (Å²) in [6.07, 6.45) is 4.45. The Balaban J connectivity index is 1.65. The number of benzene rings is 3. The molecule has 3 nitrogen and oxygen atoms in total. The van der Waals surface area contributed by atoms with Crippen LogP contribution in [0.5, 0.6) is 0 Å². The van der Waals surface area contributed by atoms with Gasteiger partial charge >= 0.3 is 7.60 Å². The van der Waals surface area contributed by atoms with Gasteiger partial charge in [0.15, 0.2) is 0 Å². The van der Waals surface area contributed by atoms with E-state index in [9.17, 15) is 4.57 Å². The molecule has 0 aliphatic rings. The zero-order valence-electron chi connectivity index (χ0n) is 17.3. The van der Waals surface area contributed by atoms with Crippen LogP contribution in [0, 0.1) is 0 Å². The van der Waals surface area contributed by atoms with E-state index in [0.717, 1.165) is 21.2 Å². The summed E-state index contributed by atoms with van der Waals surface area (Å²) < 4.78 is 24.5. The van der Waals surface area contributed by atoms with Crippen LogP contribution in [0.3, 0.4) is 0 Å². The Kier molecular flexibility index (Phi) is 8.24. The van der Waals surface area contributed by atoms with Gasteiger partial charge in [0.05, 0.1) is 19.4 Å². The number of rotatable bonds is 9. The van der Waals surface area contributed by atoms with Crippen LogP contribution in [0.15, 0.2) is 77.3 Å². The highest BCUT2D eigenvalue weighted by atomic mass is 79.9. The smallest absolute Gasteiger partial charge is 0.309 e. The largest absolute Gasteiger partial charge is 0.335 e. The predicted molar refractivity (Wildman–Crippen MR) is 130 cm³/mol. The summed E-state index contributed by atoms with van der Waals surface area (Å²) in [6.45, 7) is 4.40. The number of hydrogen-bond donors (Lipinski definition) is 0. The molecule has 0 amide bonds. The van der Waals surface area contributed by atoms with Crippen LogP contribution in [0.4, 0.5) is 0 Å². The van der Waals surface area contributed by atoms with Crippen molar-refractivity contribution in [1.82, 2.24) is 0 Å². The number of halogens is 1. The first-order valence-electron chi connectivity index (χ1n) is 10.0. The van der Waals surface area contributed by atoms with Gasteiger partial charge in [0, 0.05) is 4.47 Å². The minimum absolute atomic E-state index is 0.288. The molecule has 0 aliphatic heterocycles. The second-order valence-corrected chi connectivity index (χ2v) is 9.78. The van der Waals surface area contributed by atoms with Crippen LogP contribution >= 0.6 is 23.5 Å². The van der Waals surface area contributed by atoms with Gasteiger partial charge < -0.3 is 9.05 Å². The average Bonchev–Trinajstić information content (AvgIpc) is 2.74. The second-order valence-electron chi connectivity index (χ2n) is 6.81. The van der Waals surface area contributed by atoms with Crippen molar-refractivity contribution >= 4 is 35.7 Å². The third-order valence-electron chi connectivity index (χ3n) is 4.56. The minimum atomic E-state index is -3.07. The van der Waals surface area contributed by atoms with E-state index in [-0.39, 0.29) is 6.16 Å². The summed E-state index contributed by atoms with van der Waals surface area (Å²) in [7, 11) is -3.07. The minimum Gasteiger partial charge on any atom is -0.309 e. The summed E-state index contributed by atoms with van der Waals surface area (Å²) >= 11 is 3.47. The molecule has 0 aromatic heterocycles. The monoisotopic (exact) mass is 484 g/mol. The highest BCUT2D eigenvalue weighted by Crippen LogP contribution is 2.51. The van der Waals surface area contributed by atoms with E-state index in [1.807, 2.05) is 38.1 Å². The van der Waals surface area contributed by atoms with Gasteiger partial charge in [-0.25, -0.2) is 0 Å². The zero-order valence-corrected chi connectivity index (χ0v) is 19.7. The fraction of sp³-hybridized carbons (Fsp3) is 0.200. The van der Waals surface area contributed by atoms with Gasteiger partial charge in [0.2, 0.25) is 0 Å². The van der Waals surface area contributed by atoms with Gasteiger partial charge in [-0.2, -0.15) is 0 Å². The van der Waals surface area contributed by atoms with Gasteiger partial charge in [-0.3, -0.25) is 4.57 Å². The van der Waals surface area contributed by atoms with Gasteiger partial charge in [0.1, 0.15) is 0 Å². The lowest BCUT2D eigenvalue weighted by Crippen LogP contribution is -1.99. The third kappa shape index (κ3) is 6.52. The maximum Gasteiger partial charge on any atom is 0.335 e. The van der Waals surface area contributed by atoms with Crippen LogP contribution in [0.25, 0.3) is 23.3 Å². The van der Waals surface area contributed by atoms with Gasteiger partial charge in [0.25, 0.3) is 0 Å². The van der Waals surface area contributed by atoms with E-state index in [0.29, 0.717) is 13.2 Å². The molecule has 156 valence electrons. The van der Waals surface area contributed by atoms with Crippen molar-refractivity contribution in [3.05, 3.63) is 94.0 Å². The van der Waals surface area contributed by atoms with E-state index < -0.39 is 7.60 Å². The van der Waals surface area contributed by atoms with Crippen molar-refractivity contribution in [3.63, 3.8) is 0 Å². The summed E-state index contributed by atoms with van der Waals surface area (Å²) in [4.78, 5) is 0. The summed E-state index contributed by atoms with van der Waals surface area (Å²) in [5, 5.41) is 0. The summed E-state index contributed by atoms with van der Waals surface area (Å²) in [5.74, 6) is 0. The zero-order chi connectivity index (χ0) is 21.4. The summed E-state index contributed by atoms with van der Waals surface area (Å²) in [5.41, 5.74) is 5.55. The van der Waals surface area contributed by atoms with Crippen molar-refractivity contribution in [2.75, 3.05) is 13.2 Å². The first kappa shape index (κ1) is 22.7. The fourth-order valence-electron chi connectivity index (χ4n) is 3.10. The maximum absolute atomic E-state index is 12.7. The van der Waals surface area contributed by atoms with Gasteiger partial charge in [-0.15, -0.1) is 0 Å². The Morgan fingerprint density at radius 3 is 1.63 bits per heavy atom.